The third-order valence-corrected chi connectivity index (χ3v) is 4.11. The summed E-state index contributed by atoms with van der Waals surface area (Å²) in [4.78, 5) is 26.4. The van der Waals surface area contributed by atoms with Gasteiger partial charge in [0.05, 0.1) is 6.54 Å². The number of carbonyl (C=O) groups excluding carboxylic acids is 2. The molecule has 0 atom stereocenters. The summed E-state index contributed by atoms with van der Waals surface area (Å²) < 4.78 is 4.94. The van der Waals surface area contributed by atoms with E-state index in [0.29, 0.717) is 24.5 Å². The highest BCUT2D eigenvalue weighted by Crippen LogP contribution is 2.10. The lowest BCUT2D eigenvalue weighted by Crippen LogP contribution is -2.38. The highest BCUT2D eigenvalue weighted by molar-refractivity contribution is 5.93. The minimum absolute atomic E-state index is 0.0686. The summed E-state index contributed by atoms with van der Waals surface area (Å²) in [6, 6.07) is 1.66. The summed E-state index contributed by atoms with van der Waals surface area (Å²) in [6.07, 6.45) is 9.15. The van der Waals surface area contributed by atoms with E-state index in [0.717, 1.165) is 32.1 Å². The van der Waals surface area contributed by atoms with Gasteiger partial charge >= 0.3 is 0 Å². The molecular formula is C19H33N3O3. The van der Waals surface area contributed by atoms with Crippen molar-refractivity contribution in [3.8, 4) is 0 Å². The van der Waals surface area contributed by atoms with Crippen LogP contribution < -0.4 is 5.32 Å². The molecule has 2 amide bonds. The zero-order valence-electron chi connectivity index (χ0n) is 16.0. The molecule has 0 aliphatic rings. The van der Waals surface area contributed by atoms with Crippen molar-refractivity contribution in [2.24, 2.45) is 0 Å². The molecule has 0 aliphatic heterocycles. The molecule has 1 aromatic heterocycles. The first-order valence-electron chi connectivity index (χ1n) is 9.57. The standard InChI is InChI=1S/C19H33N3O3/c1-4-6-8-9-10-12-19(24)22(13-11-7-5-2)15-18(23)20-17-14-16(3)25-21-17/h14H,4-13,15H2,1-3H3,(H,20,21,23). The molecule has 1 aromatic rings. The van der Waals surface area contributed by atoms with Gasteiger partial charge in [0.15, 0.2) is 5.82 Å². The van der Waals surface area contributed by atoms with Gasteiger partial charge in [-0.25, -0.2) is 0 Å². The maximum Gasteiger partial charge on any atom is 0.245 e. The van der Waals surface area contributed by atoms with E-state index in [4.69, 9.17) is 4.52 Å². The molecule has 0 bridgehead atoms. The maximum absolute atomic E-state index is 12.5. The predicted octanol–water partition coefficient (Wildman–Crippen LogP) is 4.30. The molecule has 0 unspecified atom stereocenters. The SMILES string of the molecule is CCCCCCCC(=O)N(CCCCC)CC(=O)Nc1cc(C)on1. The Balaban J connectivity index is 2.46. The van der Waals surface area contributed by atoms with E-state index in [1.54, 1.807) is 17.9 Å². The fraction of sp³-hybridized carbons (Fsp3) is 0.737. The lowest BCUT2D eigenvalue weighted by atomic mass is 10.1. The quantitative estimate of drug-likeness (QED) is 0.538. The molecule has 0 fully saturated rings. The van der Waals surface area contributed by atoms with Crippen LogP contribution in [0.5, 0.6) is 0 Å². The first kappa shape index (κ1) is 21.2. The molecule has 1 heterocycles. The molecule has 0 saturated carbocycles. The van der Waals surface area contributed by atoms with Crippen LogP contribution in [0, 0.1) is 6.92 Å². The summed E-state index contributed by atoms with van der Waals surface area (Å²) >= 11 is 0. The Kier molecular flexibility index (Phi) is 10.6. The van der Waals surface area contributed by atoms with E-state index >= 15 is 0 Å². The van der Waals surface area contributed by atoms with Crippen molar-refractivity contribution >= 4 is 17.6 Å². The minimum Gasteiger partial charge on any atom is -0.360 e. The Labute approximate surface area is 151 Å². The zero-order chi connectivity index (χ0) is 18.5. The average Bonchev–Trinajstić information content (AvgIpc) is 2.98. The van der Waals surface area contributed by atoms with E-state index in [9.17, 15) is 9.59 Å². The van der Waals surface area contributed by atoms with Gasteiger partial charge in [-0.3, -0.25) is 9.59 Å². The topological polar surface area (TPSA) is 75.4 Å². The number of aromatic nitrogens is 1. The van der Waals surface area contributed by atoms with Crippen LogP contribution in [0.4, 0.5) is 5.82 Å². The fourth-order valence-electron chi connectivity index (χ4n) is 2.66. The molecule has 25 heavy (non-hydrogen) atoms. The predicted molar refractivity (Wildman–Crippen MR) is 99.4 cm³/mol. The Morgan fingerprint density at radius 2 is 1.76 bits per heavy atom. The number of nitrogens with one attached hydrogen (secondary N) is 1. The number of unbranched alkanes of at least 4 members (excludes halogenated alkanes) is 6. The van der Waals surface area contributed by atoms with Crippen molar-refractivity contribution in [2.75, 3.05) is 18.4 Å². The van der Waals surface area contributed by atoms with Gasteiger partial charge in [0, 0.05) is 19.0 Å². The van der Waals surface area contributed by atoms with E-state index in [-0.39, 0.29) is 18.4 Å². The molecular weight excluding hydrogens is 318 g/mol. The second kappa shape index (κ2) is 12.5. The van der Waals surface area contributed by atoms with Crippen LogP contribution in [0.25, 0.3) is 0 Å². The van der Waals surface area contributed by atoms with E-state index < -0.39 is 0 Å². The summed E-state index contributed by atoms with van der Waals surface area (Å²) in [5.74, 6) is 0.865. The van der Waals surface area contributed by atoms with Crippen molar-refractivity contribution in [3.63, 3.8) is 0 Å². The number of hydrogen-bond donors (Lipinski definition) is 1. The monoisotopic (exact) mass is 351 g/mol. The molecule has 0 aromatic carbocycles. The highest BCUT2D eigenvalue weighted by Gasteiger charge is 2.17. The van der Waals surface area contributed by atoms with Crippen LogP contribution in [-0.2, 0) is 9.59 Å². The second-order valence-electron chi connectivity index (χ2n) is 6.56. The summed E-state index contributed by atoms with van der Waals surface area (Å²) in [6.45, 7) is 6.77. The fourth-order valence-corrected chi connectivity index (χ4v) is 2.66. The van der Waals surface area contributed by atoms with Crippen molar-refractivity contribution in [1.82, 2.24) is 10.1 Å². The third-order valence-electron chi connectivity index (χ3n) is 4.11. The lowest BCUT2D eigenvalue weighted by Gasteiger charge is -2.22. The van der Waals surface area contributed by atoms with Crippen LogP contribution in [0.1, 0.15) is 77.4 Å². The summed E-state index contributed by atoms with van der Waals surface area (Å²) in [5, 5.41) is 6.44. The van der Waals surface area contributed by atoms with Gasteiger partial charge < -0.3 is 14.7 Å². The number of amides is 2. The molecule has 1 rings (SSSR count). The van der Waals surface area contributed by atoms with Crippen molar-refractivity contribution < 1.29 is 14.1 Å². The maximum atomic E-state index is 12.5. The van der Waals surface area contributed by atoms with Crippen LogP contribution >= 0.6 is 0 Å². The minimum atomic E-state index is -0.232. The van der Waals surface area contributed by atoms with Crippen LogP contribution in [0.2, 0.25) is 0 Å². The molecule has 6 heteroatoms. The van der Waals surface area contributed by atoms with Gasteiger partial charge in [-0.15, -0.1) is 0 Å². The smallest absolute Gasteiger partial charge is 0.245 e. The lowest BCUT2D eigenvalue weighted by molar-refractivity contribution is -0.134. The van der Waals surface area contributed by atoms with E-state index in [2.05, 4.69) is 24.3 Å². The molecule has 0 radical (unpaired) electrons. The van der Waals surface area contributed by atoms with E-state index in [1.807, 2.05) is 0 Å². The van der Waals surface area contributed by atoms with Crippen molar-refractivity contribution in [1.29, 1.82) is 0 Å². The zero-order valence-corrected chi connectivity index (χ0v) is 16.0. The second-order valence-corrected chi connectivity index (χ2v) is 6.56. The average molecular weight is 351 g/mol. The number of aryl methyl sites for hydroxylation is 1. The van der Waals surface area contributed by atoms with Crippen LogP contribution in [0.3, 0.4) is 0 Å². The molecule has 0 aliphatic carbocycles. The molecule has 0 saturated heterocycles. The summed E-state index contributed by atoms with van der Waals surface area (Å²) in [7, 11) is 0. The van der Waals surface area contributed by atoms with Gasteiger partial charge in [0.25, 0.3) is 0 Å². The Hall–Kier alpha value is -1.85. The van der Waals surface area contributed by atoms with Crippen molar-refractivity contribution in [2.45, 2.75) is 78.6 Å². The molecule has 0 spiro atoms. The molecule has 6 nitrogen and oxygen atoms in total. The Morgan fingerprint density at radius 3 is 2.40 bits per heavy atom. The highest BCUT2D eigenvalue weighted by atomic mass is 16.5. The van der Waals surface area contributed by atoms with Gasteiger partial charge in [-0.05, 0) is 19.8 Å². The van der Waals surface area contributed by atoms with Crippen LogP contribution in [0.15, 0.2) is 10.6 Å². The number of hydrogen-bond acceptors (Lipinski definition) is 4. The van der Waals surface area contributed by atoms with Gasteiger partial charge in [0.1, 0.15) is 5.76 Å². The summed E-state index contributed by atoms with van der Waals surface area (Å²) in [5.41, 5.74) is 0. The van der Waals surface area contributed by atoms with Gasteiger partial charge in [-0.2, -0.15) is 0 Å². The number of nitrogens with zero attached hydrogens (tertiary/aromatic N) is 2. The number of rotatable bonds is 13. The van der Waals surface area contributed by atoms with Crippen LogP contribution in [-0.4, -0.2) is 35.0 Å². The number of anilines is 1. The Bertz CT molecular complexity index is 514. The van der Waals surface area contributed by atoms with Crippen molar-refractivity contribution in [3.05, 3.63) is 11.8 Å². The largest absolute Gasteiger partial charge is 0.360 e. The third kappa shape index (κ3) is 9.27. The molecule has 142 valence electrons. The normalized spacial score (nSPS) is 10.7. The first-order chi connectivity index (χ1) is 12.1. The van der Waals surface area contributed by atoms with E-state index in [1.165, 1.54) is 19.3 Å². The first-order valence-corrected chi connectivity index (χ1v) is 9.57. The number of carbonyl (C=O) groups is 2. The van der Waals surface area contributed by atoms with Gasteiger partial charge in [0.2, 0.25) is 11.8 Å². The molecule has 1 N–H and O–H groups in total. The Morgan fingerprint density at radius 1 is 1.08 bits per heavy atom. The van der Waals surface area contributed by atoms with Gasteiger partial charge in [-0.1, -0.05) is 57.5 Å².